The minimum absolute atomic E-state index is 0.0534. The van der Waals surface area contributed by atoms with Gasteiger partial charge in [-0.15, -0.1) is 0 Å². The van der Waals surface area contributed by atoms with Gasteiger partial charge in [-0.05, 0) is 25.6 Å². The summed E-state index contributed by atoms with van der Waals surface area (Å²) in [5.41, 5.74) is 7.02. The van der Waals surface area contributed by atoms with Gasteiger partial charge in [0.05, 0.1) is 24.5 Å². The maximum absolute atomic E-state index is 11.9. The van der Waals surface area contributed by atoms with Crippen molar-refractivity contribution in [1.29, 1.82) is 0 Å². The maximum Gasteiger partial charge on any atom is 0.238 e. The number of para-hydroxylation sites is 2. The lowest BCUT2D eigenvalue weighted by Crippen LogP contribution is -2.38. The zero-order chi connectivity index (χ0) is 13.0. The number of ether oxygens (including phenoxy) is 1. The highest BCUT2D eigenvalue weighted by Crippen LogP contribution is 2.17. The van der Waals surface area contributed by atoms with E-state index in [1.54, 1.807) is 12.1 Å². The quantitative estimate of drug-likeness (QED) is 0.779. The number of carbonyl (C=O) groups is 1. The third-order valence-corrected chi connectivity index (χ3v) is 3.16. The fraction of sp³-hybridized carbons (Fsp3) is 0.462. The average Bonchev–Trinajstić information content (AvgIpc) is 2.85. The van der Waals surface area contributed by atoms with Crippen LogP contribution >= 0.6 is 0 Å². The van der Waals surface area contributed by atoms with Crippen molar-refractivity contribution in [2.24, 2.45) is 0 Å². The lowest BCUT2D eigenvalue weighted by Gasteiger charge is -2.22. The Morgan fingerprint density at radius 2 is 2.33 bits per heavy atom. The Hall–Kier alpha value is -1.59. The van der Waals surface area contributed by atoms with Crippen LogP contribution in [-0.2, 0) is 9.53 Å². The molecule has 0 aliphatic carbocycles. The summed E-state index contributed by atoms with van der Waals surface area (Å²) < 4.78 is 5.30. The molecule has 5 nitrogen and oxygen atoms in total. The zero-order valence-corrected chi connectivity index (χ0v) is 10.6. The molecule has 2 rings (SSSR count). The predicted molar refractivity (Wildman–Crippen MR) is 71.3 cm³/mol. The van der Waals surface area contributed by atoms with E-state index in [9.17, 15) is 4.79 Å². The van der Waals surface area contributed by atoms with Crippen LogP contribution in [0.4, 0.5) is 11.4 Å². The van der Waals surface area contributed by atoms with Crippen LogP contribution in [0.3, 0.4) is 0 Å². The number of nitrogens with zero attached hydrogens (tertiary/aromatic N) is 1. The van der Waals surface area contributed by atoms with Crippen LogP contribution < -0.4 is 11.1 Å². The van der Waals surface area contributed by atoms with E-state index in [1.807, 2.05) is 24.1 Å². The Morgan fingerprint density at radius 3 is 3.00 bits per heavy atom. The molecule has 0 spiro atoms. The Labute approximate surface area is 107 Å². The first kappa shape index (κ1) is 12.9. The van der Waals surface area contributed by atoms with Gasteiger partial charge in [-0.2, -0.15) is 0 Å². The van der Waals surface area contributed by atoms with Crippen LogP contribution in [0.25, 0.3) is 0 Å². The average molecular weight is 249 g/mol. The molecule has 18 heavy (non-hydrogen) atoms. The van der Waals surface area contributed by atoms with Crippen LogP contribution in [-0.4, -0.2) is 43.7 Å². The Bertz CT molecular complexity index is 416. The van der Waals surface area contributed by atoms with Gasteiger partial charge in [0.1, 0.15) is 0 Å². The summed E-state index contributed by atoms with van der Waals surface area (Å²) in [5.74, 6) is -0.0534. The summed E-state index contributed by atoms with van der Waals surface area (Å²) in [6, 6.07) is 7.59. The SMILES string of the molecule is CN(CC(=O)Nc1ccccc1N)C1CCOC1. The molecule has 1 aliphatic rings. The summed E-state index contributed by atoms with van der Waals surface area (Å²) in [5, 5.41) is 2.82. The molecule has 1 aromatic carbocycles. The van der Waals surface area contributed by atoms with Crippen molar-refractivity contribution in [3.63, 3.8) is 0 Å². The molecule has 1 saturated heterocycles. The Balaban J connectivity index is 1.86. The molecule has 98 valence electrons. The van der Waals surface area contributed by atoms with E-state index < -0.39 is 0 Å². The fourth-order valence-electron chi connectivity index (χ4n) is 2.03. The number of likely N-dealkylation sites (N-methyl/N-ethyl adjacent to an activating group) is 1. The van der Waals surface area contributed by atoms with E-state index in [-0.39, 0.29) is 5.91 Å². The van der Waals surface area contributed by atoms with Crippen LogP contribution in [0.15, 0.2) is 24.3 Å². The van der Waals surface area contributed by atoms with E-state index in [2.05, 4.69) is 5.32 Å². The van der Waals surface area contributed by atoms with Crippen LogP contribution in [0.5, 0.6) is 0 Å². The zero-order valence-electron chi connectivity index (χ0n) is 10.6. The summed E-state index contributed by atoms with van der Waals surface area (Å²) in [4.78, 5) is 13.9. The number of hydrogen-bond acceptors (Lipinski definition) is 4. The third-order valence-electron chi connectivity index (χ3n) is 3.16. The van der Waals surface area contributed by atoms with E-state index >= 15 is 0 Å². The normalized spacial score (nSPS) is 19.1. The minimum Gasteiger partial charge on any atom is -0.397 e. The van der Waals surface area contributed by atoms with Crippen molar-refractivity contribution in [2.75, 3.05) is 37.9 Å². The lowest BCUT2D eigenvalue weighted by molar-refractivity contribution is -0.117. The minimum atomic E-state index is -0.0534. The highest BCUT2D eigenvalue weighted by molar-refractivity contribution is 5.95. The predicted octanol–water partition coefficient (Wildman–Crippen LogP) is 0.928. The van der Waals surface area contributed by atoms with Gasteiger partial charge in [0.2, 0.25) is 5.91 Å². The molecule has 1 atom stereocenters. The Morgan fingerprint density at radius 1 is 1.56 bits per heavy atom. The van der Waals surface area contributed by atoms with E-state index in [0.717, 1.165) is 13.0 Å². The first-order chi connectivity index (χ1) is 8.66. The highest BCUT2D eigenvalue weighted by Gasteiger charge is 2.21. The lowest BCUT2D eigenvalue weighted by atomic mass is 10.2. The van der Waals surface area contributed by atoms with Crippen molar-refractivity contribution in [3.05, 3.63) is 24.3 Å². The molecule has 0 bridgehead atoms. The molecule has 0 saturated carbocycles. The molecule has 5 heteroatoms. The van der Waals surface area contributed by atoms with Gasteiger partial charge < -0.3 is 15.8 Å². The van der Waals surface area contributed by atoms with Crippen LogP contribution in [0.2, 0.25) is 0 Å². The molecular weight excluding hydrogens is 230 g/mol. The standard InChI is InChI=1S/C13H19N3O2/c1-16(10-6-7-18-9-10)8-13(17)15-12-5-3-2-4-11(12)14/h2-5,10H,6-9,14H2,1H3,(H,15,17). The second-order valence-corrected chi connectivity index (χ2v) is 4.57. The summed E-state index contributed by atoms with van der Waals surface area (Å²) in [6.45, 7) is 1.84. The number of amides is 1. The molecule has 1 amide bonds. The molecule has 1 aromatic rings. The topological polar surface area (TPSA) is 67.6 Å². The van der Waals surface area contributed by atoms with Crippen molar-refractivity contribution in [2.45, 2.75) is 12.5 Å². The molecule has 1 fully saturated rings. The molecule has 3 N–H and O–H groups in total. The second-order valence-electron chi connectivity index (χ2n) is 4.57. The number of carbonyl (C=O) groups excluding carboxylic acids is 1. The first-order valence-electron chi connectivity index (χ1n) is 6.09. The van der Waals surface area contributed by atoms with Crippen molar-refractivity contribution >= 4 is 17.3 Å². The highest BCUT2D eigenvalue weighted by atomic mass is 16.5. The summed E-state index contributed by atoms with van der Waals surface area (Å²) in [7, 11) is 1.94. The molecule has 0 aromatic heterocycles. The number of hydrogen-bond donors (Lipinski definition) is 2. The van der Waals surface area contributed by atoms with E-state index in [0.29, 0.717) is 30.6 Å². The number of nitrogens with two attached hydrogens (primary N) is 1. The van der Waals surface area contributed by atoms with Gasteiger partial charge in [0.25, 0.3) is 0 Å². The van der Waals surface area contributed by atoms with Crippen molar-refractivity contribution < 1.29 is 9.53 Å². The molecule has 1 unspecified atom stereocenters. The van der Waals surface area contributed by atoms with Gasteiger partial charge in [-0.3, -0.25) is 9.69 Å². The fourth-order valence-corrected chi connectivity index (χ4v) is 2.03. The van der Waals surface area contributed by atoms with Gasteiger partial charge in [0.15, 0.2) is 0 Å². The van der Waals surface area contributed by atoms with Crippen molar-refractivity contribution in [1.82, 2.24) is 4.90 Å². The van der Waals surface area contributed by atoms with Crippen LogP contribution in [0, 0.1) is 0 Å². The van der Waals surface area contributed by atoms with Crippen LogP contribution in [0.1, 0.15) is 6.42 Å². The Kier molecular flexibility index (Phi) is 4.17. The van der Waals surface area contributed by atoms with E-state index in [4.69, 9.17) is 10.5 Å². The van der Waals surface area contributed by atoms with E-state index in [1.165, 1.54) is 0 Å². The largest absolute Gasteiger partial charge is 0.397 e. The number of nitrogen functional groups attached to an aromatic ring is 1. The maximum atomic E-state index is 11.9. The molecule has 1 aliphatic heterocycles. The second kappa shape index (κ2) is 5.84. The van der Waals surface area contributed by atoms with Gasteiger partial charge in [0, 0.05) is 12.6 Å². The van der Waals surface area contributed by atoms with Gasteiger partial charge in [-0.1, -0.05) is 12.1 Å². The van der Waals surface area contributed by atoms with Gasteiger partial charge in [-0.25, -0.2) is 0 Å². The number of rotatable bonds is 4. The van der Waals surface area contributed by atoms with Crippen molar-refractivity contribution in [3.8, 4) is 0 Å². The van der Waals surface area contributed by atoms with Gasteiger partial charge >= 0.3 is 0 Å². The third kappa shape index (κ3) is 3.21. The molecule has 0 radical (unpaired) electrons. The molecule has 1 heterocycles. The molecular formula is C13H19N3O2. The number of anilines is 2. The monoisotopic (exact) mass is 249 g/mol. The number of benzene rings is 1. The smallest absolute Gasteiger partial charge is 0.238 e. The number of nitrogens with one attached hydrogen (secondary N) is 1. The summed E-state index contributed by atoms with van der Waals surface area (Å²) in [6.07, 6.45) is 0.983. The summed E-state index contributed by atoms with van der Waals surface area (Å²) >= 11 is 0. The first-order valence-corrected chi connectivity index (χ1v) is 6.09.